The van der Waals surface area contributed by atoms with Crippen molar-refractivity contribution >= 4 is 39.0 Å². The molecule has 0 atom stereocenters. The van der Waals surface area contributed by atoms with Crippen molar-refractivity contribution in [2.24, 2.45) is 0 Å². The van der Waals surface area contributed by atoms with E-state index >= 15 is 0 Å². The molecule has 6 heteroatoms. The summed E-state index contributed by atoms with van der Waals surface area (Å²) in [6, 6.07) is 27.8. The number of anilines is 1. The quantitative estimate of drug-likeness (QED) is 0.454. The predicted molar refractivity (Wildman–Crippen MR) is 120 cm³/mol. The third kappa shape index (κ3) is 4.12. The van der Waals surface area contributed by atoms with Crippen LogP contribution in [0.5, 0.6) is 0 Å². The summed E-state index contributed by atoms with van der Waals surface area (Å²) in [5.74, 6) is 0. The lowest BCUT2D eigenvalue weighted by Gasteiger charge is -2.28. The highest BCUT2D eigenvalue weighted by molar-refractivity contribution is 8.07. The van der Waals surface area contributed by atoms with E-state index in [9.17, 15) is 8.42 Å². The van der Waals surface area contributed by atoms with Crippen molar-refractivity contribution in [3.63, 3.8) is 0 Å². The summed E-state index contributed by atoms with van der Waals surface area (Å²) in [6.07, 6.45) is 0. The first-order chi connectivity index (χ1) is 13.5. The van der Waals surface area contributed by atoms with Crippen LogP contribution in [0.3, 0.4) is 0 Å². The summed E-state index contributed by atoms with van der Waals surface area (Å²) in [4.78, 5) is 0. The predicted octanol–water partition coefficient (Wildman–Crippen LogP) is 3.35. The topological polar surface area (TPSA) is 55.4 Å². The van der Waals surface area contributed by atoms with Gasteiger partial charge in [0.2, 0.25) is 0 Å². The Morgan fingerprint density at radius 3 is 1.82 bits per heavy atom. The Hall–Kier alpha value is -2.20. The van der Waals surface area contributed by atoms with Crippen LogP contribution in [0.15, 0.2) is 84.9 Å². The highest BCUT2D eigenvalue weighted by atomic mass is 32.2. The summed E-state index contributed by atoms with van der Waals surface area (Å²) < 4.78 is 31.1. The molecule has 0 bridgehead atoms. The zero-order valence-electron chi connectivity index (χ0n) is 16.1. The maximum atomic E-state index is 13.0. The molecule has 0 spiro atoms. The molecular formula is C22H25NO3PS+. The number of benzene rings is 3. The molecule has 3 aromatic rings. The summed E-state index contributed by atoms with van der Waals surface area (Å²) in [7, 11) is -4.41. The Bertz CT molecular complexity index is 969. The monoisotopic (exact) mass is 414 g/mol. The van der Waals surface area contributed by atoms with Gasteiger partial charge in [0.1, 0.15) is 23.2 Å². The van der Waals surface area contributed by atoms with Crippen molar-refractivity contribution in [1.29, 1.82) is 0 Å². The van der Waals surface area contributed by atoms with Crippen LogP contribution in [0.25, 0.3) is 0 Å². The van der Waals surface area contributed by atoms with E-state index < -0.39 is 17.4 Å². The fourth-order valence-corrected chi connectivity index (χ4v) is 10.9. The first-order valence-electron chi connectivity index (χ1n) is 9.17. The molecule has 0 fully saturated rings. The van der Waals surface area contributed by atoms with E-state index in [1.807, 2.05) is 92.0 Å². The minimum absolute atomic E-state index is 0.0828. The molecular weight excluding hydrogens is 389 g/mol. The van der Waals surface area contributed by atoms with Gasteiger partial charge in [-0.15, -0.1) is 0 Å². The number of rotatable bonds is 8. The highest BCUT2D eigenvalue weighted by Crippen LogP contribution is 2.57. The van der Waals surface area contributed by atoms with E-state index in [1.165, 1.54) is 0 Å². The van der Waals surface area contributed by atoms with Crippen LogP contribution in [0.1, 0.15) is 6.92 Å². The Balaban J connectivity index is 2.39. The average molecular weight is 414 g/mol. The van der Waals surface area contributed by atoms with Gasteiger partial charge in [0.05, 0.1) is 12.3 Å². The van der Waals surface area contributed by atoms with Crippen molar-refractivity contribution in [2.75, 3.05) is 24.5 Å². The second-order valence-corrected chi connectivity index (χ2v) is 11.9. The van der Waals surface area contributed by atoms with Gasteiger partial charge in [-0.1, -0.05) is 48.5 Å². The van der Waals surface area contributed by atoms with Crippen molar-refractivity contribution in [2.45, 2.75) is 6.92 Å². The van der Waals surface area contributed by atoms with Gasteiger partial charge in [0, 0.05) is 7.05 Å². The van der Waals surface area contributed by atoms with Crippen LogP contribution in [0.2, 0.25) is 0 Å². The largest absolute Gasteiger partial charge is 0.385 e. The maximum Gasteiger partial charge on any atom is 0.303 e. The van der Waals surface area contributed by atoms with E-state index in [4.69, 9.17) is 4.18 Å². The second-order valence-electron chi connectivity index (χ2n) is 6.34. The fraction of sp³-hybridized carbons (Fsp3) is 0.182. The molecule has 0 amide bonds. The Morgan fingerprint density at radius 1 is 0.821 bits per heavy atom. The molecule has 146 valence electrons. The lowest BCUT2D eigenvalue weighted by atomic mass is 10.3. The number of hydrogen-bond donors (Lipinski definition) is 1. The fourth-order valence-electron chi connectivity index (χ4n) is 3.48. The average Bonchev–Trinajstić information content (AvgIpc) is 2.73. The molecule has 0 radical (unpaired) electrons. The Kier molecular flexibility index (Phi) is 6.50. The van der Waals surface area contributed by atoms with Gasteiger partial charge >= 0.3 is 10.1 Å². The van der Waals surface area contributed by atoms with Crippen LogP contribution >= 0.6 is 7.26 Å². The van der Waals surface area contributed by atoms with Gasteiger partial charge in [-0.25, -0.2) is 0 Å². The van der Waals surface area contributed by atoms with Gasteiger partial charge < -0.3 is 5.32 Å². The minimum Gasteiger partial charge on any atom is -0.385 e. The molecule has 0 aliphatic carbocycles. The van der Waals surface area contributed by atoms with Gasteiger partial charge in [-0.05, 0) is 43.3 Å². The standard InChI is InChI=1S/C22H25NO3PS/c1-3-26-28(24,25)18-27(19-12-6-4-7-13-19,20-14-8-5-9-15-20)22-17-11-10-16-21(22)23-2/h4-17,23H,3,18H2,1-2H3/q+1. The lowest BCUT2D eigenvalue weighted by molar-refractivity contribution is 0.341. The molecule has 28 heavy (non-hydrogen) atoms. The van der Waals surface area contributed by atoms with E-state index in [1.54, 1.807) is 6.92 Å². The molecule has 0 aliphatic heterocycles. The van der Waals surface area contributed by atoms with Gasteiger partial charge in [0.15, 0.2) is 5.49 Å². The summed E-state index contributed by atoms with van der Waals surface area (Å²) in [6.45, 7) is 1.82. The van der Waals surface area contributed by atoms with Crippen LogP contribution in [-0.2, 0) is 14.3 Å². The van der Waals surface area contributed by atoms with E-state index in [-0.39, 0.29) is 12.1 Å². The molecule has 0 heterocycles. The van der Waals surface area contributed by atoms with Crippen LogP contribution in [-0.4, -0.2) is 27.6 Å². The van der Waals surface area contributed by atoms with Gasteiger partial charge in [0.25, 0.3) is 0 Å². The molecule has 0 saturated heterocycles. The van der Waals surface area contributed by atoms with Gasteiger partial charge in [-0.2, -0.15) is 8.42 Å². The van der Waals surface area contributed by atoms with E-state index in [0.717, 1.165) is 21.6 Å². The lowest BCUT2D eigenvalue weighted by Crippen LogP contribution is -2.37. The third-order valence-corrected chi connectivity index (χ3v) is 11.6. The molecule has 0 unspecified atom stereocenters. The van der Waals surface area contributed by atoms with E-state index in [0.29, 0.717) is 0 Å². The highest BCUT2D eigenvalue weighted by Gasteiger charge is 2.51. The number of nitrogens with one attached hydrogen (secondary N) is 1. The molecule has 1 N–H and O–H groups in total. The van der Waals surface area contributed by atoms with Crippen LogP contribution < -0.4 is 21.2 Å². The molecule has 4 nitrogen and oxygen atoms in total. The summed E-state index contributed by atoms with van der Waals surface area (Å²) in [5, 5.41) is 6.26. The van der Waals surface area contributed by atoms with Crippen LogP contribution in [0.4, 0.5) is 5.69 Å². The molecule has 3 rings (SSSR count). The molecule has 0 aromatic heterocycles. The summed E-state index contributed by atoms with van der Waals surface area (Å²) in [5.41, 5.74) is 0.843. The van der Waals surface area contributed by atoms with Crippen molar-refractivity contribution in [3.05, 3.63) is 84.9 Å². The molecule has 3 aromatic carbocycles. The van der Waals surface area contributed by atoms with Crippen molar-refractivity contribution in [1.82, 2.24) is 0 Å². The second kappa shape index (κ2) is 8.87. The first-order valence-corrected chi connectivity index (χ1v) is 12.7. The van der Waals surface area contributed by atoms with Crippen molar-refractivity contribution < 1.29 is 12.6 Å². The van der Waals surface area contributed by atoms with Gasteiger partial charge in [-0.3, -0.25) is 4.18 Å². The van der Waals surface area contributed by atoms with E-state index in [2.05, 4.69) is 5.32 Å². The normalized spacial score (nSPS) is 11.9. The third-order valence-electron chi connectivity index (χ3n) is 4.63. The Labute approximate surface area is 168 Å². The number of para-hydroxylation sites is 1. The maximum absolute atomic E-state index is 13.0. The minimum atomic E-state index is -3.74. The van der Waals surface area contributed by atoms with Crippen molar-refractivity contribution in [3.8, 4) is 0 Å². The number of hydrogen-bond acceptors (Lipinski definition) is 4. The zero-order valence-corrected chi connectivity index (χ0v) is 17.8. The SMILES string of the molecule is CCOS(=O)(=O)C[P+](c1ccccc1)(c1ccccc1)c1ccccc1NC. The Morgan fingerprint density at radius 2 is 1.32 bits per heavy atom. The summed E-state index contributed by atoms with van der Waals surface area (Å²) >= 11 is 0. The van der Waals surface area contributed by atoms with Crippen LogP contribution in [0, 0.1) is 0 Å². The zero-order chi connectivity index (χ0) is 20.0. The molecule has 0 aliphatic rings. The molecule has 0 saturated carbocycles. The smallest absolute Gasteiger partial charge is 0.303 e. The first kappa shape index (κ1) is 20.5.